The van der Waals surface area contributed by atoms with Gasteiger partial charge in [0.2, 0.25) is 5.91 Å². The molecule has 0 aromatic heterocycles. The number of anilines is 1. The minimum Gasteiger partial charge on any atom is -0.459 e. The van der Waals surface area contributed by atoms with Crippen molar-refractivity contribution in [1.82, 2.24) is 29.4 Å². The van der Waals surface area contributed by atoms with E-state index in [1.165, 1.54) is 37.8 Å². The number of unbranched alkanes of at least 4 members (excludes halogenated alkanes) is 8. The lowest BCUT2D eigenvalue weighted by atomic mass is 9.85. The molecule has 3 saturated heterocycles. The van der Waals surface area contributed by atoms with E-state index in [1.807, 2.05) is 80.5 Å². The highest BCUT2D eigenvalue weighted by molar-refractivity contribution is 5.96. The summed E-state index contributed by atoms with van der Waals surface area (Å²) in [6.07, 6.45) is 12.8. The van der Waals surface area contributed by atoms with Gasteiger partial charge in [-0.25, -0.2) is 4.39 Å². The van der Waals surface area contributed by atoms with Crippen LogP contribution in [0.3, 0.4) is 0 Å². The Hall–Kier alpha value is -4.48. The maximum Gasteiger partial charge on any atom is 0.320 e. The number of halogens is 1. The van der Waals surface area contributed by atoms with Crippen molar-refractivity contribution in [2.45, 2.75) is 168 Å². The molecule has 3 aliphatic rings. The molecule has 0 N–H and O–H groups in total. The molecular formula is C60H96FN7O8. The van der Waals surface area contributed by atoms with E-state index < -0.39 is 22.3 Å². The highest BCUT2D eigenvalue weighted by Crippen LogP contribution is 2.40. The highest BCUT2D eigenvalue weighted by atomic mass is 19.1. The van der Waals surface area contributed by atoms with Crippen molar-refractivity contribution in [3.63, 3.8) is 0 Å². The molecule has 0 aliphatic carbocycles. The van der Waals surface area contributed by atoms with E-state index in [0.717, 1.165) is 103 Å². The zero-order chi connectivity index (χ0) is 55.4. The van der Waals surface area contributed by atoms with Gasteiger partial charge < -0.3 is 33.8 Å². The average Bonchev–Trinajstić information content (AvgIpc) is 3.59. The molecule has 76 heavy (non-hydrogen) atoms. The summed E-state index contributed by atoms with van der Waals surface area (Å²) >= 11 is 0. The van der Waals surface area contributed by atoms with Crippen LogP contribution in [0.2, 0.25) is 0 Å². The number of rotatable bonds is 24. The quantitative estimate of drug-likeness (QED) is 0.0429. The maximum atomic E-state index is 14.3. The Bertz CT molecular complexity index is 2050. The molecule has 0 saturated carbocycles. The molecule has 2 aromatic carbocycles. The Balaban J connectivity index is 1.05. The minimum atomic E-state index is -0.611. The summed E-state index contributed by atoms with van der Waals surface area (Å²) in [6.45, 7) is 27.1. The second kappa shape index (κ2) is 30.0. The topological polar surface area (TPSA) is 136 Å². The van der Waals surface area contributed by atoms with Gasteiger partial charge in [-0.2, -0.15) is 0 Å². The van der Waals surface area contributed by atoms with Crippen molar-refractivity contribution in [3.05, 3.63) is 66.0 Å². The first-order chi connectivity index (χ1) is 36.0. The predicted octanol–water partition coefficient (Wildman–Crippen LogP) is 8.69. The molecule has 0 bridgehead atoms. The molecule has 3 fully saturated rings. The number of piperidine rings is 1. The third-order valence-corrected chi connectivity index (χ3v) is 14.5. The molecular weight excluding hydrogens is 966 g/mol. The zero-order valence-corrected chi connectivity index (χ0v) is 48.2. The molecule has 1 spiro atoms. The first-order valence-electron chi connectivity index (χ1n) is 28.7. The number of esters is 3. The lowest BCUT2D eigenvalue weighted by Crippen LogP contribution is -2.56. The first kappa shape index (κ1) is 62.4. The fourth-order valence-corrected chi connectivity index (χ4v) is 10.6. The van der Waals surface area contributed by atoms with E-state index in [-0.39, 0.29) is 55.0 Å². The molecule has 3 heterocycles. The van der Waals surface area contributed by atoms with Crippen LogP contribution in [0.25, 0.3) is 0 Å². The molecule has 5 rings (SSSR count). The van der Waals surface area contributed by atoms with Gasteiger partial charge in [0, 0.05) is 89.7 Å². The van der Waals surface area contributed by atoms with Gasteiger partial charge in [-0.3, -0.25) is 38.7 Å². The van der Waals surface area contributed by atoms with Crippen molar-refractivity contribution in [2.24, 2.45) is 0 Å². The molecule has 0 atom stereocenters. The summed E-state index contributed by atoms with van der Waals surface area (Å²) in [5, 5.41) is 0. The summed E-state index contributed by atoms with van der Waals surface area (Å²) in [4.78, 5) is 81.9. The van der Waals surface area contributed by atoms with Gasteiger partial charge in [0.1, 0.15) is 28.2 Å². The van der Waals surface area contributed by atoms with E-state index in [2.05, 4.69) is 46.4 Å². The van der Waals surface area contributed by atoms with Gasteiger partial charge in [0.05, 0.1) is 26.3 Å². The second-order valence-corrected chi connectivity index (χ2v) is 24.5. The lowest BCUT2D eigenvalue weighted by molar-refractivity contribution is -0.158. The van der Waals surface area contributed by atoms with Gasteiger partial charge in [0.15, 0.2) is 5.78 Å². The van der Waals surface area contributed by atoms with Crippen molar-refractivity contribution < 1.29 is 42.6 Å². The number of benzene rings is 2. The fraction of sp³-hybridized carbons (Fsp3) is 0.717. The van der Waals surface area contributed by atoms with E-state index in [1.54, 1.807) is 12.1 Å². The number of amides is 1. The maximum absolute atomic E-state index is 14.3. The second-order valence-electron chi connectivity index (χ2n) is 24.5. The number of ketones is 1. The Labute approximate surface area is 456 Å². The van der Waals surface area contributed by atoms with Crippen molar-refractivity contribution in [3.8, 4) is 0 Å². The monoisotopic (exact) mass is 1060 g/mol. The largest absolute Gasteiger partial charge is 0.459 e. The van der Waals surface area contributed by atoms with Gasteiger partial charge in [-0.15, -0.1) is 0 Å². The van der Waals surface area contributed by atoms with E-state index in [0.29, 0.717) is 57.9 Å². The van der Waals surface area contributed by atoms with Crippen LogP contribution in [0, 0.1) is 5.82 Å². The summed E-state index contributed by atoms with van der Waals surface area (Å²) in [7, 11) is 0. The third kappa shape index (κ3) is 22.5. The Morgan fingerprint density at radius 1 is 0.487 bits per heavy atom. The SMILES string of the molecule is CC(C)(C)OC(=O)CN1CCN(CCCCCCCCCCCN2CN(c3ccccc3)C3(CCN(CCCC(=O)c4ccc(F)cc4)CC3)C2=O)CCN(CC(=O)OC(C)(C)C)CCN(CC(=O)OC(C)(C)C)CC1. The zero-order valence-electron chi connectivity index (χ0n) is 48.2. The van der Waals surface area contributed by atoms with Crippen LogP contribution in [0.5, 0.6) is 0 Å². The highest BCUT2D eigenvalue weighted by Gasteiger charge is 2.53. The first-order valence-corrected chi connectivity index (χ1v) is 28.7. The standard InChI is InChI=1S/C60H96FN7O8/c1-57(2,3)74-53(70)45-64-39-37-63(38-40-65(46-54(71)75-58(4,5)6)42-44-66(43-41-64)47-55(72)76-59(7,8)9)32-20-15-13-11-10-12-14-16-21-34-67-48-68(51-23-18-17-19-24-51)60(56(67)73)30-35-62(36-31-60)33-22-25-52(69)49-26-28-50(61)29-27-49/h17-19,23-24,26-29H,10-16,20-22,25,30-48H2,1-9H3. The number of carbonyl (C=O) groups is 5. The average molecular weight is 1060 g/mol. The minimum absolute atomic E-state index is 0.0316. The van der Waals surface area contributed by atoms with Crippen LogP contribution in [-0.2, 0) is 33.4 Å². The molecule has 16 heteroatoms. The fourth-order valence-electron chi connectivity index (χ4n) is 10.6. The number of carbonyl (C=O) groups excluding carboxylic acids is 5. The molecule has 2 aromatic rings. The van der Waals surface area contributed by atoms with Gasteiger partial charge in [-0.1, -0.05) is 63.1 Å². The van der Waals surface area contributed by atoms with E-state index in [4.69, 9.17) is 14.2 Å². The van der Waals surface area contributed by atoms with Crippen molar-refractivity contribution in [2.75, 3.05) is 116 Å². The smallest absolute Gasteiger partial charge is 0.320 e. The number of hydrogen-bond donors (Lipinski definition) is 0. The van der Waals surface area contributed by atoms with E-state index in [9.17, 15) is 28.4 Å². The van der Waals surface area contributed by atoms with Crippen LogP contribution in [0.1, 0.15) is 156 Å². The van der Waals surface area contributed by atoms with Crippen molar-refractivity contribution in [1.29, 1.82) is 0 Å². The molecule has 0 unspecified atom stereocenters. The van der Waals surface area contributed by atoms with Crippen LogP contribution < -0.4 is 4.90 Å². The molecule has 1 amide bonds. The number of hydrogen-bond acceptors (Lipinski definition) is 14. The predicted molar refractivity (Wildman–Crippen MR) is 299 cm³/mol. The number of ether oxygens (including phenoxy) is 3. The van der Waals surface area contributed by atoms with Crippen LogP contribution in [-0.4, -0.2) is 193 Å². The number of Topliss-reactive ketones (excluding diaryl/α,β-unsaturated/α-hetero) is 1. The molecule has 3 aliphatic heterocycles. The molecule has 15 nitrogen and oxygen atoms in total. The molecule has 0 radical (unpaired) electrons. The summed E-state index contributed by atoms with van der Waals surface area (Å²) in [5.41, 5.74) is -0.713. The Kier molecular flexibility index (Phi) is 24.6. The van der Waals surface area contributed by atoms with Gasteiger partial charge in [-0.05, 0) is 144 Å². The summed E-state index contributed by atoms with van der Waals surface area (Å²) < 4.78 is 30.5. The summed E-state index contributed by atoms with van der Waals surface area (Å²) in [6, 6.07) is 16.1. The third-order valence-electron chi connectivity index (χ3n) is 14.5. The normalized spacial score (nSPS) is 18.4. The van der Waals surface area contributed by atoms with Gasteiger partial charge in [0.25, 0.3) is 0 Å². The Morgan fingerprint density at radius 3 is 1.30 bits per heavy atom. The van der Waals surface area contributed by atoms with Crippen LogP contribution in [0.15, 0.2) is 54.6 Å². The van der Waals surface area contributed by atoms with Crippen LogP contribution in [0.4, 0.5) is 10.1 Å². The van der Waals surface area contributed by atoms with E-state index >= 15 is 0 Å². The Morgan fingerprint density at radius 2 is 0.868 bits per heavy atom. The lowest BCUT2D eigenvalue weighted by Gasteiger charge is -2.43. The van der Waals surface area contributed by atoms with Gasteiger partial charge >= 0.3 is 17.9 Å². The number of nitrogens with zero attached hydrogens (tertiary/aromatic N) is 7. The number of para-hydroxylation sites is 1. The van der Waals surface area contributed by atoms with Crippen LogP contribution >= 0.6 is 0 Å². The molecule has 426 valence electrons. The summed E-state index contributed by atoms with van der Waals surface area (Å²) in [5.74, 6) is -0.905. The number of likely N-dealkylation sites (tertiary alicyclic amines) is 1. The van der Waals surface area contributed by atoms with Crippen molar-refractivity contribution >= 4 is 35.3 Å².